The number of hydrogen-bond acceptors (Lipinski definition) is 4. The van der Waals surface area contributed by atoms with Crippen LogP contribution < -0.4 is 10.5 Å². The Labute approximate surface area is 165 Å². The van der Waals surface area contributed by atoms with Crippen LogP contribution in [0.15, 0.2) is 78.2 Å². The van der Waals surface area contributed by atoms with Gasteiger partial charge in [0.25, 0.3) is 0 Å². The van der Waals surface area contributed by atoms with E-state index in [9.17, 15) is 9.65 Å². The monoisotopic (exact) mass is 382 g/mol. The molecule has 0 amide bonds. The quantitative estimate of drug-likeness (QED) is 0.531. The number of hydrogen-bond donors (Lipinski definition) is 2. The van der Waals surface area contributed by atoms with Gasteiger partial charge in [-0.3, -0.25) is 5.10 Å². The van der Waals surface area contributed by atoms with Gasteiger partial charge in [-0.15, -0.1) is 5.10 Å². The van der Waals surface area contributed by atoms with Gasteiger partial charge in [-0.25, -0.2) is 4.39 Å². The van der Waals surface area contributed by atoms with Gasteiger partial charge < -0.3 is 10.5 Å². The minimum atomic E-state index is -0.464. The Morgan fingerprint density at radius 1 is 1.03 bits per heavy atom. The number of nitriles is 1. The van der Waals surface area contributed by atoms with Crippen LogP contribution in [0, 0.1) is 17.1 Å². The fourth-order valence-corrected chi connectivity index (χ4v) is 3.89. The topological polar surface area (TPSA) is 87.7 Å². The SMILES string of the molecule is N#CC1=C(N)Oc2n[nH]c(-c3ccc(F)cc3)c2C1c1cccc2ccccc12. The van der Waals surface area contributed by atoms with E-state index in [4.69, 9.17) is 10.5 Å². The molecular weight excluding hydrogens is 367 g/mol. The minimum Gasteiger partial charge on any atom is -0.420 e. The van der Waals surface area contributed by atoms with Crippen LogP contribution in [-0.2, 0) is 0 Å². The zero-order valence-electron chi connectivity index (χ0n) is 15.2. The molecule has 5 nitrogen and oxygen atoms in total. The number of fused-ring (bicyclic) bond motifs is 2. The molecule has 0 radical (unpaired) electrons. The molecule has 1 aromatic heterocycles. The molecule has 4 aromatic rings. The smallest absolute Gasteiger partial charge is 0.244 e. The van der Waals surface area contributed by atoms with Gasteiger partial charge in [-0.05, 0) is 40.6 Å². The number of benzene rings is 3. The van der Waals surface area contributed by atoms with Crippen molar-refractivity contribution in [2.75, 3.05) is 0 Å². The fraction of sp³-hybridized carbons (Fsp3) is 0.0435. The average molecular weight is 382 g/mol. The highest BCUT2D eigenvalue weighted by atomic mass is 19.1. The van der Waals surface area contributed by atoms with Crippen LogP contribution in [-0.4, -0.2) is 10.2 Å². The first-order valence-corrected chi connectivity index (χ1v) is 9.07. The van der Waals surface area contributed by atoms with Gasteiger partial charge in [-0.1, -0.05) is 42.5 Å². The Morgan fingerprint density at radius 2 is 1.79 bits per heavy atom. The van der Waals surface area contributed by atoms with Gasteiger partial charge in [0, 0.05) is 5.56 Å². The number of aromatic nitrogens is 2. The molecule has 0 saturated heterocycles. The summed E-state index contributed by atoms with van der Waals surface area (Å²) in [7, 11) is 0. The maximum absolute atomic E-state index is 13.4. The van der Waals surface area contributed by atoms with Gasteiger partial charge >= 0.3 is 0 Å². The predicted octanol–water partition coefficient (Wildman–Crippen LogP) is 4.59. The molecule has 0 spiro atoms. The summed E-state index contributed by atoms with van der Waals surface area (Å²) in [6, 6.07) is 22.2. The lowest BCUT2D eigenvalue weighted by Crippen LogP contribution is -2.21. The summed E-state index contributed by atoms with van der Waals surface area (Å²) >= 11 is 0. The molecular formula is C23H15FN4O. The van der Waals surface area contributed by atoms with Crippen molar-refractivity contribution in [1.82, 2.24) is 10.2 Å². The second-order valence-electron chi connectivity index (χ2n) is 6.82. The Balaban J connectivity index is 1.80. The number of rotatable bonds is 2. The molecule has 1 aliphatic heterocycles. The highest BCUT2D eigenvalue weighted by Crippen LogP contribution is 2.47. The standard InChI is InChI=1S/C23H15FN4O/c24-15-10-8-14(9-11-15)21-20-19(18(12-25)22(26)29-23(20)28-27-21)17-7-3-5-13-4-1-2-6-16(13)17/h1-11,19H,26H2,(H,27,28). The van der Waals surface area contributed by atoms with Crippen molar-refractivity contribution < 1.29 is 9.13 Å². The van der Waals surface area contributed by atoms with E-state index < -0.39 is 5.92 Å². The van der Waals surface area contributed by atoms with Gasteiger partial charge in [0.05, 0.1) is 17.2 Å². The number of allylic oxidation sites excluding steroid dienone is 1. The zero-order chi connectivity index (χ0) is 20.0. The van der Waals surface area contributed by atoms with Crippen LogP contribution in [0.4, 0.5) is 4.39 Å². The number of nitrogens with two attached hydrogens (primary N) is 1. The van der Waals surface area contributed by atoms with Crippen molar-refractivity contribution in [2.24, 2.45) is 5.73 Å². The van der Waals surface area contributed by atoms with Crippen LogP contribution in [0.2, 0.25) is 0 Å². The molecule has 0 aliphatic carbocycles. The zero-order valence-corrected chi connectivity index (χ0v) is 15.2. The first-order chi connectivity index (χ1) is 14.2. The highest BCUT2D eigenvalue weighted by Gasteiger charge is 2.36. The third-order valence-corrected chi connectivity index (χ3v) is 5.21. The molecule has 2 heterocycles. The van der Waals surface area contributed by atoms with Gasteiger partial charge in [0.2, 0.25) is 11.8 Å². The van der Waals surface area contributed by atoms with E-state index in [-0.39, 0.29) is 11.7 Å². The molecule has 3 N–H and O–H groups in total. The molecule has 1 aliphatic rings. The van der Waals surface area contributed by atoms with Crippen molar-refractivity contribution in [2.45, 2.75) is 5.92 Å². The van der Waals surface area contributed by atoms with Gasteiger partial charge in [0.15, 0.2) is 0 Å². The van der Waals surface area contributed by atoms with Crippen molar-refractivity contribution in [3.05, 3.63) is 95.1 Å². The molecule has 5 rings (SSSR count). The largest absolute Gasteiger partial charge is 0.420 e. The third-order valence-electron chi connectivity index (χ3n) is 5.21. The first-order valence-electron chi connectivity index (χ1n) is 9.07. The molecule has 29 heavy (non-hydrogen) atoms. The van der Waals surface area contributed by atoms with E-state index in [1.54, 1.807) is 12.1 Å². The van der Waals surface area contributed by atoms with Gasteiger partial charge in [-0.2, -0.15) is 5.26 Å². The van der Waals surface area contributed by atoms with Crippen molar-refractivity contribution >= 4 is 10.8 Å². The van der Waals surface area contributed by atoms with Crippen LogP contribution in [0.25, 0.3) is 22.0 Å². The van der Waals surface area contributed by atoms with E-state index in [2.05, 4.69) is 16.3 Å². The first kappa shape index (κ1) is 17.0. The van der Waals surface area contributed by atoms with Gasteiger partial charge in [0.1, 0.15) is 17.5 Å². The third kappa shape index (κ3) is 2.64. The van der Waals surface area contributed by atoms with Crippen molar-refractivity contribution in [3.63, 3.8) is 0 Å². The summed E-state index contributed by atoms with van der Waals surface area (Å²) < 4.78 is 19.1. The molecule has 0 bridgehead atoms. The number of nitrogens with zero attached hydrogens (tertiary/aromatic N) is 2. The van der Waals surface area contributed by atoms with Crippen molar-refractivity contribution in [1.29, 1.82) is 5.26 Å². The molecule has 0 fully saturated rings. The number of ether oxygens (including phenoxy) is 1. The summed E-state index contributed by atoms with van der Waals surface area (Å²) in [6.07, 6.45) is 0. The summed E-state index contributed by atoms with van der Waals surface area (Å²) in [6.45, 7) is 0. The normalized spacial score (nSPS) is 15.7. The lowest BCUT2D eigenvalue weighted by molar-refractivity contribution is 0.379. The molecule has 1 atom stereocenters. The van der Waals surface area contributed by atoms with E-state index in [0.29, 0.717) is 22.7 Å². The maximum Gasteiger partial charge on any atom is 0.244 e. The van der Waals surface area contributed by atoms with E-state index in [1.165, 1.54) is 12.1 Å². The molecule has 1 unspecified atom stereocenters. The van der Waals surface area contributed by atoms with Crippen LogP contribution in [0.5, 0.6) is 5.88 Å². The van der Waals surface area contributed by atoms with E-state index in [0.717, 1.165) is 21.9 Å². The highest BCUT2D eigenvalue weighted by molar-refractivity contribution is 5.88. The number of halogens is 1. The Hall–Kier alpha value is -4.11. The summed E-state index contributed by atoms with van der Waals surface area (Å²) in [4.78, 5) is 0. The Bertz CT molecular complexity index is 1310. The summed E-state index contributed by atoms with van der Waals surface area (Å²) in [5, 5.41) is 19.2. The summed E-state index contributed by atoms with van der Waals surface area (Å²) in [5.74, 6) is -0.437. The average Bonchev–Trinajstić information content (AvgIpc) is 3.16. The summed E-state index contributed by atoms with van der Waals surface area (Å²) in [5.41, 5.74) is 9.44. The van der Waals surface area contributed by atoms with Crippen molar-refractivity contribution in [3.8, 4) is 23.2 Å². The van der Waals surface area contributed by atoms with Crippen LogP contribution in [0.3, 0.4) is 0 Å². The molecule has 6 heteroatoms. The van der Waals surface area contributed by atoms with E-state index in [1.807, 2.05) is 42.5 Å². The Kier molecular flexibility index (Phi) is 3.81. The molecule has 140 valence electrons. The molecule has 0 saturated carbocycles. The molecule has 3 aromatic carbocycles. The minimum absolute atomic E-state index is 0.0371. The second-order valence-corrected chi connectivity index (χ2v) is 6.82. The number of H-pyrrole nitrogens is 1. The van der Waals surface area contributed by atoms with Crippen LogP contribution >= 0.6 is 0 Å². The number of nitrogens with one attached hydrogen (secondary N) is 1. The fourth-order valence-electron chi connectivity index (χ4n) is 3.89. The maximum atomic E-state index is 13.4. The van der Waals surface area contributed by atoms with E-state index >= 15 is 0 Å². The lowest BCUT2D eigenvalue weighted by atomic mass is 9.81. The lowest BCUT2D eigenvalue weighted by Gasteiger charge is -2.25. The number of aromatic amines is 1. The second kappa shape index (κ2) is 6.50. The predicted molar refractivity (Wildman–Crippen MR) is 107 cm³/mol. The van der Waals surface area contributed by atoms with Crippen LogP contribution in [0.1, 0.15) is 17.0 Å². The Morgan fingerprint density at radius 3 is 2.59 bits per heavy atom.